The summed E-state index contributed by atoms with van der Waals surface area (Å²) in [4.78, 5) is 24.3. The fourth-order valence-electron chi connectivity index (χ4n) is 2.18. The van der Waals surface area contributed by atoms with E-state index in [-0.39, 0.29) is 11.7 Å². The van der Waals surface area contributed by atoms with Gasteiger partial charge in [-0.2, -0.15) is 0 Å². The van der Waals surface area contributed by atoms with Crippen LogP contribution in [0.5, 0.6) is 0 Å². The Labute approximate surface area is 127 Å². The van der Waals surface area contributed by atoms with Crippen LogP contribution in [-0.2, 0) is 4.79 Å². The monoisotopic (exact) mass is 295 g/mol. The van der Waals surface area contributed by atoms with Crippen LogP contribution in [0.25, 0.3) is 5.57 Å². The summed E-state index contributed by atoms with van der Waals surface area (Å²) in [6.07, 6.45) is 0. The standard InChI is InChI=1S/C17H13NO2S/c19-14-11-21-17(18-14)15(12-7-3-1-4-8-12)16(20)13-9-5-2-6-10-13/h1-10H,11H2,(H,18,19)/b17-15-. The van der Waals surface area contributed by atoms with Crippen molar-refractivity contribution in [3.05, 3.63) is 76.8 Å². The zero-order chi connectivity index (χ0) is 14.7. The Balaban J connectivity index is 2.10. The van der Waals surface area contributed by atoms with Gasteiger partial charge in [-0.3, -0.25) is 9.59 Å². The number of ketones is 1. The first kappa shape index (κ1) is 13.6. The maximum absolute atomic E-state index is 12.8. The van der Waals surface area contributed by atoms with E-state index in [9.17, 15) is 9.59 Å². The van der Waals surface area contributed by atoms with E-state index in [4.69, 9.17) is 0 Å². The molecule has 0 spiro atoms. The van der Waals surface area contributed by atoms with E-state index < -0.39 is 0 Å². The van der Waals surface area contributed by atoms with Crippen LogP contribution >= 0.6 is 11.8 Å². The molecule has 0 radical (unpaired) electrons. The lowest BCUT2D eigenvalue weighted by molar-refractivity contribution is -0.117. The lowest BCUT2D eigenvalue weighted by Crippen LogP contribution is -2.17. The Bertz CT molecular complexity index is 708. The third kappa shape index (κ3) is 2.90. The predicted molar refractivity (Wildman–Crippen MR) is 84.7 cm³/mol. The number of thioether (sulfide) groups is 1. The van der Waals surface area contributed by atoms with Crippen molar-refractivity contribution >= 4 is 29.0 Å². The third-order valence-corrected chi connectivity index (χ3v) is 4.15. The summed E-state index contributed by atoms with van der Waals surface area (Å²) in [6.45, 7) is 0. The van der Waals surface area contributed by atoms with Gasteiger partial charge in [-0.05, 0) is 5.56 Å². The number of hydrogen-bond donors (Lipinski definition) is 1. The van der Waals surface area contributed by atoms with Gasteiger partial charge in [-0.15, -0.1) is 0 Å². The van der Waals surface area contributed by atoms with Gasteiger partial charge in [0.15, 0.2) is 5.78 Å². The lowest BCUT2D eigenvalue weighted by atomic mass is 9.97. The summed E-state index contributed by atoms with van der Waals surface area (Å²) in [5.74, 6) is 0.212. The van der Waals surface area contributed by atoms with Gasteiger partial charge in [-0.25, -0.2) is 0 Å². The number of carbonyl (C=O) groups excluding carboxylic acids is 2. The molecule has 104 valence electrons. The van der Waals surface area contributed by atoms with Gasteiger partial charge in [0.2, 0.25) is 5.91 Å². The van der Waals surface area contributed by atoms with Gasteiger partial charge in [0.05, 0.1) is 16.4 Å². The minimum Gasteiger partial charge on any atom is -0.319 e. The van der Waals surface area contributed by atoms with Crippen LogP contribution in [0.4, 0.5) is 0 Å². The minimum absolute atomic E-state index is 0.0655. The number of hydrogen-bond acceptors (Lipinski definition) is 3. The number of benzene rings is 2. The molecule has 1 saturated heterocycles. The second kappa shape index (κ2) is 5.97. The molecular formula is C17H13NO2S. The first-order valence-corrected chi connectivity index (χ1v) is 7.56. The van der Waals surface area contributed by atoms with E-state index in [1.165, 1.54) is 11.8 Å². The molecule has 2 aromatic carbocycles. The van der Waals surface area contributed by atoms with Crippen molar-refractivity contribution in [1.82, 2.24) is 5.32 Å². The fourth-order valence-corrected chi connectivity index (χ4v) is 3.06. The van der Waals surface area contributed by atoms with Crippen LogP contribution in [0.2, 0.25) is 0 Å². The highest BCUT2D eigenvalue weighted by Crippen LogP contribution is 2.31. The highest BCUT2D eigenvalue weighted by Gasteiger charge is 2.25. The zero-order valence-corrected chi connectivity index (χ0v) is 12.0. The van der Waals surface area contributed by atoms with Crippen molar-refractivity contribution in [3.8, 4) is 0 Å². The number of rotatable bonds is 3. The number of carbonyl (C=O) groups is 2. The summed E-state index contributed by atoms with van der Waals surface area (Å²) in [5.41, 5.74) is 1.99. The third-order valence-electron chi connectivity index (χ3n) is 3.15. The van der Waals surface area contributed by atoms with Gasteiger partial charge in [0, 0.05) is 5.56 Å². The quantitative estimate of drug-likeness (QED) is 0.699. The van der Waals surface area contributed by atoms with Crippen LogP contribution in [0.1, 0.15) is 15.9 Å². The summed E-state index contributed by atoms with van der Waals surface area (Å²) < 4.78 is 0. The number of amides is 1. The molecule has 1 amide bonds. The molecule has 21 heavy (non-hydrogen) atoms. The summed E-state index contributed by atoms with van der Waals surface area (Å²) >= 11 is 1.37. The van der Waals surface area contributed by atoms with Crippen molar-refractivity contribution in [2.45, 2.75) is 0 Å². The van der Waals surface area contributed by atoms with Crippen LogP contribution in [0.3, 0.4) is 0 Å². The van der Waals surface area contributed by atoms with Gasteiger partial charge in [0.25, 0.3) is 0 Å². The largest absolute Gasteiger partial charge is 0.319 e. The van der Waals surface area contributed by atoms with Gasteiger partial charge in [-0.1, -0.05) is 72.4 Å². The fraction of sp³-hybridized carbons (Fsp3) is 0.0588. The molecule has 1 aliphatic heterocycles. The second-order valence-corrected chi connectivity index (χ2v) is 5.59. The highest BCUT2D eigenvalue weighted by atomic mass is 32.2. The number of allylic oxidation sites excluding steroid dienone is 1. The molecule has 0 saturated carbocycles. The number of nitrogens with one attached hydrogen (secondary N) is 1. The van der Waals surface area contributed by atoms with E-state index in [0.717, 1.165) is 5.56 Å². The second-order valence-electron chi connectivity index (χ2n) is 4.60. The SMILES string of the molecule is O=C1CS/C(=C(\C(=O)c2ccccc2)c2ccccc2)N1. The van der Waals surface area contributed by atoms with Crippen molar-refractivity contribution in [2.75, 3.05) is 5.75 Å². The molecule has 1 N–H and O–H groups in total. The van der Waals surface area contributed by atoms with Crippen molar-refractivity contribution in [1.29, 1.82) is 0 Å². The smallest absolute Gasteiger partial charge is 0.235 e. The van der Waals surface area contributed by atoms with Crippen molar-refractivity contribution in [3.63, 3.8) is 0 Å². The van der Waals surface area contributed by atoms with E-state index in [2.05, 4.69) is 5.32 Å². The molecule has 0 aromatic heterocycles. The normalized spacial score (nSPS) is 16.5. The molecule has 3 nitrogen and oxygen atoms in total. The van der Waals surface area contributed by atoms with Crippen LogP contribution < -0.4 is 5.32 Å². The van der Waals surface area contributed by atoms with Gasteiger partial charge >= 0.3 is 0 Å². The topological polar surface area (TPSA) is 46.2 Å². The Morgan fingerprint density at radius 3 is 2.00 bits per heavy atom. The van der Waals surface area contributed by atoms with E-state index in [0.29, 0.717) is 21.9 Å². The Hall–Kier alpha value is -2.33. The molecule has 1 heterocycles. The molecule has 0 aliphatic carbocycles. The van der Waals surface area contributed by atoms with Crippen LogP contribution in [0.15, 0.2) is 65.7 Å². The maximum atomic E-state index is 12.8. The first-order chi connectivity index (χ1) is 10.3. The molecule has 1 fully saturated rings. The molecule has 0 unspecified atom stereocenters. The Kier molecular flexibility index (Phi) is 3.88. The predicted octanol–water partition coefficient (Wildman–Crippen LogP) is 3.10. The first-order valence-electron chi connectivity index (χ1n) is 6.58. The molecule has 0 bridgehead atoms. The minimum atomic E-state index is -0.0773. The summed E-state index contributed by atoms with van der Waals surface area (Å²) in [7, 11) is 0. The molecule has 4 heteroatoms. The van der Waals surface area contributed by atoms with Crippen molar-refractivity contribution in [2.24, 2.45) is 0 Å². The van der Waals surface area contributed by atoms with E-state index in [1.54, 1.807) is 12.1 Å². The van der Waals surface area contributed by atoms with Crippen molar-refractivity contribution < 1.29 is 9.59 Å². The highest BCUT2D eigenvalue weighted by molar-refractivity contribution is 8.04. The Morgan fingerprint density at radius 2 is 1.48 bits per heavy atom. The van der Waals surface area contributed by atoms with Gasteiger partial charge in [0.1, 0.15) is 0 Å². The summed E-state index contributed by atoms with van der Waals surface area (Å²) in [5, 5.41) is 3.42. The van der Waals surface area contributed by atoms with Gasteiger partial charge < -0.3 is 5.32 Å². The zero-order valence-electron chi connectivity index (χ0n) is 11.2. The molecule has 2 aromatic rings. The average Bonchev–Trinajstić information content (AvgIpc) is 2.95. The molecule has 0 atom stereocenters. The number of Topliss-reactive ketones (excluding diaryl/α,β-unsaturated/α-hetero) is 1. The van der Waals surface area contributed by atoms with E-state index in [1.807, 2.05) is 48.5 Å². The average molecular weight is 295 g/mol. The van der Waals surface area contributed by atoms with E-state index >= 15 is 0 Å². The van der Waals surface area contributed by atoms with Crippen LogP contribution in [-0.4, -0.2) is 17.4 Å². The maximum Gasteiger partial charge on any atom is 0.235 e. The van der Waals surface area contributed by atoms with Crippen LogP contribution in [0, 0.1) is 0 Å². The molecule has 3 rings (SSSR count). The lowest BCUT2D eigenvalue weighted by Gasteiger charge is -2.10. The molecular weight excluding hydrogens is 282 g/mol. The molecule has 1 aliphatic rings. The summed E-state index contributed by atoms with van der Waals surface area (Å²) in [6, 6.07) is 18.5. The Morgan fingerprint density at radius 1 is 0.905 bits per heavy atom.